The van der Waals surface area contributed by atoms with Crippen molar-refractivity contribution in [1.29, 1.82) is 0 Å². The van der Waals surface area contributed by atoms with E-state index in [0.717, 1.165) is 24.8 Å². The molecule has 1 saturated carbocycles. The largest absolute Gasteiger partial charge is 0.359 e. The Bertz CT molecular complexity index is 1140. The van der Waals surface area contributed by atoms with Crippen molar-refractivity contribution in [2.24, 2.45) is 23.7 Å². The molecular formula is C29H38ClN3O4. The summed E-state index contributed by atoms with van der Waals surface area (Å²) in [6.07, 6.45) is 7.03. The first kappa shape index (κ1) is 26.2. The van der Waals surface area contributed by atoms with E-state index in [4.69, 9.17) is 16.3 Å². The van der Waals surface area contributed by atoms with Crippen LogP contribution in [0.2, 0.25) is 5.02 Å². The van der Waals surface area contributed by atoms with E-state index < -0.39 is 29.6 Å². The fourth-order valence-electron chi connectivity index (χ4n) is 6.82. The summed E-state index contributed by atoms with van der Waals surface area (Å²) < 4.78 is 6.44. The van der Waals surface area contributed by atoms with E-state index in [1.165, 1.54) is 0 Å². The minimum absolute atomic E-state index is 0.0635. The minimum atomic E-state index is -1.15. The standard InChI is InChI=1S/C29H38ClN3O4/c1-6-17(4)33-25(27(35)32-21-9-7-8-15(2)18(21)5)29-13-12-22(37-29)23(24(29)28(33)36)26(34)31-19-11-10-16(3)20(30)14-19/h10-15,17-18,21-25H,6-9H2,1-5H3,(H,31,34)(H,32,35). The van der Waals surface area contributed by atoms with Gasteiger partial charge in [0.05, 0.1) is 17.9 Å². The molecule has 3 aliphatic heterocycles. The van der Waals surface area contributed by atoms with E-state index in [2.05, 4.69) is 24.5 Å². The number of nitrogens with zero attached hydrogens (tertiary/aromatic N) is 1. The zero-order valence-electron chi connectivity index (χ0n) is 22.3. The number of anilines is 1. The third kappa shape index (κ3) is 4.19. The Balaban J connectivity index is 1.45. The highest BCUT2D eigenvalue weighted by atomic mass is 35.5. The van der Waals surface area contributed by atoms with E-state index in [1.54, 1.807) is 17.0 Å². The SMILES string of the molecule is CCC(C)N1C(=O)C2C(C(=O)Nc3ccc(C)c(Cl)c3)C3C=CC2(O3)C1C(=O)NC1CCCC(C)C1C. The molecule has 0 radical (unpaired) electrons. The third-order valence-electron chi connectivity index (χ3n) is 9.40. The summed E-state index contributed by atoms with van der Waals surface area (Å²) >= 11 is 6.26. The number of fused-ring (bicyclic) bond motifs is 1. The molecule has 37 heavy (non-hydrogen) atoms. The number of likely N-dealkylation sites (tertiary alicyclic amines) is 1. The van der Waals surface area contributed by atoms with Crippen molar-refractivity contribution >= 4 is 35.0 Å². The summed E-state index contributed by atoms with van der Waals surface area (Å²) in [5, 5.41) is 6.79. The molecule has 4 aliphatic rings. The van der Waals surface area contributed by atoms with E-state index in [9.17, 15) is 14.4 Å². The van der Waals surface area contributed by atoms with Gasteiger partial charge in [-0.2, -0.15) is 0 Å². The quantitative estimate of drug-likeness (QED) is 0.534. The van der Waals surface area contributed by atoms with Gasteiger partial charge in [-0.05, 0) is 56.2 Å². The average molecular weight is 528 g/mol. The van der Waals surface area contributed by atoms with Crippen molar-refractivity contribution in [3.63, 3.8) is 0 Å². The number of nitrogens with one attached hydrogen (secondary N) is 2. The van der Waals surface area contributed by atoms with Crippen LogP contribution in [-0.2, 0) is 19.1 Å². The van der Waals surface area contributed by atoms with Crippen molar-refractivity contribution in [3.05, 3.63) is 40.9 Å². The number of hydrogen-bond donors (Lipinski definition) is 2. The summed E-state index contributed by atoms with van der Waals surface area (Å²) in [7, 11) is 0. The maximum Gasteiger partial charge on any atom is 0.246 e. The van der Waals surface area contributed by atoms with Crippen molar-refractivity contribution < 1.29 is 19.1 Å². The molecule has 3 fully saturated rings. The Hall–Kier alpha value is -2.38. The van der Waals surface area contributed by atoms with E-state index >= 15 is 0 Å². The first-order chi connectivity index (χ1) is 17.6. The number of aryl methyl sites for hydroxylation is 1. The second kappa shape index (κ2) is 9.73. The van der Waals surface area contributed by atoms with E-state index in [-0.39, 0.29) is 29.8 Å². The van der Waals surface area contributed by atoms with Crippen LogP contribution < -0.4 is 10.6 Å². The van der Waals surface area contributed by atoms with Gasteiger partial charge in [0.2, 0.25) is 17.7 Å². The molecule has 2 bridgehead atoms. The normalized spacial score (nSPS) is 37.0. The third-order valence-corrected chi connectivity index (χ3v) is 9.81. The fraction of sp³-hybridized carbons (Fsp3) is 0.621. The molecule has 9 atom stereocenters. The number of benzene rings is 1. The summed E-state index contributed by atoms with van der Waals surface area (Å²) in [5.41, 5.74) is 0.335. The topological polar surface area (TPSA) is 87.7 Å². The van der Waals surface area contributed by atoms with Crippen LogP contribution in [0.15, 0.2) is 30.4 Å². The molecule has 1 aromatic carbocycles. The van der Waals surface area contributed by atoms with Crippen LogP contribution in [0.5, 0.6) is 0 Å². The number of carbonyl (C=O) groups excluding carboxylic acids is 3. The molecule has 3 amide bonds. The van der Waals surface area contributed by atoms with Crippen molar-refractivity contribution in [2.45, 2.75) is 90.1 Å². The summed E-state index contributed by atoms with van der Waals surface area (Å²) in [6, 6.07) is 4.44. The molecular weight excluding hydrogens is 490 g/mol. The summed E-state index contributed by atoms with van der Waals surface area (Å²) in [5.74, 6) is -1.26. The van der Waals surface area contributed by atoms with Gasteiger partial charge in [0.25, 0.3) is 0 Å². The molecule has 2 saturated heterocycles. The lowest BCUT2D eigenvalue weighted by Crippen LogP contribution is -2.59. The summed E-state index contributed by atoms with van der Waals surface area (Å²) in [6.45, 7) is 10.3. The maximum absolute atomic E-state index is 14.0. The predicted molar refractivity (Wildman–Crippen MR) is 143 cm³/mol. The Morgan fingerprint density at radius 1 is 1.24 bits per heavy atom. The van der Waals surface area contributed by atoms with Crippen LogP contribution in [-0.4, -0.2) is 52.5 Å². The molecule has 200 valence electrons. The molecule has 2 N–H and O–H groups in total. The van der Waals surface area contributed by atoms with Gasteiger partial charge in [-0.25, -0.2) is 0 Å². The van der Waals surface area contributed by atoms with Crippen LogP contribution in [0.1, 0.15) is 58.9 Å². The Kier molecular flexibility index (Phi) is 6.90. The number of amides is 3. The first-order valence-electron chi connectivity index (χ1n) is 13.7. The lowest BCUT2D eigenvalue weighted by Gasteiger charge is -2.39. The van der Waals surface area contributed by atoms with Gasteiger partial charge in [-0.3, -0.25) is 14.4 Å². The van der Waals surface area contributed by atoms with Crippen LogP contribution in [0.25, 0.3) is 0 Å². The minimum Gasteiger partial charge on any atom is -0.359 e. The van der Waals surface area contributed by atoms with Gasteiger partial charge in [0.15, 0.2) is 0 Å². The zero-order chi connectivity index (χ0) is 26.6. The highest BCUT2D eigenvalue weighted by molar-refractivity contribution is 6.31. The molecule has 1 aliphatic carbocycles. The summed E-state index contributed by atoms with van der Waals surface area (Å²) in [4.78, 5) is 43.2. The van der Waals surface area contributed by atoms with Crippen LogP contribution in [0.4, 0.5) is 5.69 Å². The molecule has 7 nitrogen and oxygen atoms in total. The number of ether oxygens (including phenoxy) is 1. The maximum atomic E-state index is 14.0. The van der Waals surface area contributed by atoms with Gasteiger partial charge in [-0.1, -0.05) is 63.4 Å². The van der Waals surface area contributed by atoms with Gasteiger partial charge < -0.3 is 20.3 Å². The smallest absolute Gasteiger partial charge is 0.246 e. The predicted octanol–water partition coefficient (Wildman–Crippen LogP) is 4.48. The van der Waals surface area contributed by atoms with Crippen LogP contribution >= 0.6 is 11.6 Å². The second-order valence-electron chi connectivity index (χ2n) is 11.5. The Morgan fingerprint density at radius 3 is 2.70 bits per heavy atom. The molecule has 1 aromatic rings. The molecule has 1 spiro atoms. The fourth-order valence-corrected chi connectivity index (χ4v) is 7.00. The first-order valence-corrected chi connectivity index (χ1v) is 14.0. The van der Waals surface area contributed by atoms with Gasteiger partial charge >= 0.3 is 0 Å². The number of halogens is 1. The highest BCUT2D eigenvalue weighted by Gasteiger charge is 2.73. The molecule has 9 unspecified atom stereocenters. The van der Waals surface area contributed by atoms with Crippen molar-refractivity contribution in [3.8, 4) is 0 Å². The number of rotatable bonds is 6. The van der Waals surface area contributed by atoms with Crippen molar-refractivity contribution in [1.82, 2.24) is 10.2 Å². The average Bonchev–Trinajstić information content (AvgIpc) is 3.51. The Labute approximate surface area is 224 Å². The lowest BCUT2D eigenvalue weighted by atomic mass is 9.73. The zero-order valence-corrected chi connectivity index (χ0v) is 23.0. The molecule has 3 heterocycles. The van der Waals surface area contributed by atoms with Crippen LogP contribution in [0, 0.1) is 30.6 Å². The number of hydrogen-bond acceptors (Lipinski definition) is 4. The monoisotopic (exact) mass is 527 g/mol. The molecule has 5 rings (SSSR count). The van der Waals surface area contributed by atoms with Crippen molar-refractivity contribution in [2.75, 3.05) is 5.32 Å². The Morgan fingerprint density at radius 2 is 2.00 bits per heavy atom. The van der Waals surface area contributed by atoms with Gasteiger partial charge in [-0.15, -0.1) is 0 Å². The highest BCUT2D eigenvalue weighted by Crippen LogP contribution is 2.56. The molecule has 8 heteroatoms. The van der Waals surface area contributed by atoms with E-state index in [0.29, 0.717) is 29.0 Å². The lowest BCUT2D eigenvalue weighted by molar-refractivity contribution is -0.144. The van der Waals surface area contributed by atoms with Gasteiger partial charge in [0, 0.05) is 22.8 Å². The van der Waals surface area contributed by atoms with Crippen LogP contribution in [0.3, 0.4) is 0 Å². The second-order valence-corrected chi connectivity index (χ2v) is 11.9. The number of carbonyl (C=O) groups is 3. The van der Waals surface area contributed by atoms with Gasteiger partial charge in [0.1, 0.15) is 11.6 Å². The van der Waals surface area contributed by atoms with E-state index in [1.807, 2.05) is 39.0 Å². The molecule has 0 aromatic heterocycles.